The Morgan fingerprint density at radius 3 is 2.34 bits per heavy atom. The van der Waals surface area contributed by atoms with Gasteiger partial charge in [0.15, 0.2) is 0 Å². The van der Waals surface area contributed by atoms with E-state index in [1.54, 1.807) is 31.1 Å². The van der Waals surface area contributed by atoms with Gasteiger partial charge in [-0.1, -0.05) is 12.1 Å². The average Bonchev–Trinajstić information content (AvgIpc) is 3.22. The molecule has 0 aliphatic rings. The van der Waals surface area contributed by atoms with Crippen LogP contribution >= 0.6 is 0 Å². The summed E-state index contributed by atoms with van der Waals surface area (Å²) >= 11 is 0. The number of alkyl halides is 3. The summed E-state index contributed by atoms with van der Waals surface area (Å²) < 4.78 is 54.2. The molecule has 0 atom stereocenters. The molecule has 3 rings (SSSR count). The largest absolute Gasteiger partial charge is 0.497 e. The van der Waals surface area contributed by atoms with Gasteiger partial charge < -0.3 is 13.9 Å². The molecule has 6 nitrogen and oxygen atoms in total. The number of hydrogen-bond acceptors (Lipinski definition) is 6. The van der Waals surface area contributed by atoms with Crippen LogP contribution < -0.4 is 4.74 Å². The number of methoxy groups -OCH3 is 1. The first-order valence-electron chi connectivity index (χ1n) is 9.91. The SMILES string of the molecule is CCOC(=O)CN(Cc1ccc(C(F)(F)F)cc1)Cc1coc(-c2ccc(OC)cc2)n1. The van der Waals surface area contributed by atoms with E-state index in [-0.39, 0.29) is 26.2 Å². The highest BCUT2D eigenvalue weighted by Crippen LogP contribution is 2.29. The summed E-state index contributed by atoms with van der Waals surface area (Å²) in [7, 11) is 1.58. The number of esters is 1. The van der Waals surface area contributed by atoms with Gasteiger partial charge in [0.25, 0.3) is 0 Å². The third kappa shape index (κ3) is 6.34. The minimum absolute atomic E-state index is 0.0421. The van der Waals surface area contributed by atoms with E-state index in [0.29, 0.717) is 22.9 Å². The lowest BCUT2D eigenvalue weighted by Gasteiger charge is -2.20. The molecule has 32 heavy (non-hydrogen) atoms. The first kappa shape index (κ1) is 23.3. The van der Waals surface area contributed by atoms with E-state index in [1.807, 2.05) is 12.1 Å². The lowest BCUT2D eigenvalue weighted by atomic mass is 10.1. The fraction of sp³-hybridized carbons (Fsp3) is 0.304. The number of oxazole rings is 1. The van der Waals surface area contributed by atoms with Crippen LogP contribution in [-0.2, 0) is 28.8 Å². The number of halogens is 3. The summed E-state index contributed by atoms with van der Waals surface area (Å²) in [5, 5.41) is 0. The van der Waals surface area contributed by atoms with Gasteiger partial charge >= 0.3 is 12.1 Å². The summed E-state index contributed by atoms with van der Waals surface area (Å²) in [5.41, 5.74) is 1.24. The topological polar surface area (TPSA) is 64.8 Å². The first-order valence-corrected chi connectivity index (χ1v) is 9.91. The number of ether oxygens (including phenoxy) is 2. The van der Waals surface area contributed by atoms with Crippen molar-refractivity contribution in [1.82, 2.24) is 9.88 Å². The molecule has 0 saturated heterocycles. The van der Waals surface area contributed by atoms with Crippen molar-refractivity contribution in [1.29, 1.82) is 0 Å². The zero-order chi connectivity index (χ0) is 23.1. The fourth-order valence-electron chi connectivity index (χ4n) is 3.09. The van der Waals surface area contributed by atoms with E-state index in [1.165, 1.54) is 18.4 Å². The van der Waals surface area contributed by atoms with E-state index in [4.69, 9.17) is 13.9 Å². The Morgan fingerprint density at radius 2 is 1.75 bits per heavy atom. The summed E-state index contributed by atoms with van der Waals surface area (Å²) in [6.45, 7) is 2.39. The van der Waals surface area contributed by atoms with E-state index in [9.17, 15) is 18.0 Å². The van der Waals surface area contributed by atoms with E-state index >= 15 is 0 Å². The maximum Gasteiger partial charge on any atom is 0.416 e. The molecular weight excluding hydrogens is 425 g/mol. The normalized spacial score (nSPS) is 11.6. The first-order chi connectivity index (χ1) is 15.3. The Hall–Kier alpha value is -3.33. The van der Waals surface area contributed by atoms with Crippen LogP contribution in [0.4, 0.5) is 13.2 Å². The quantitative estimate of drug-likeness (QED) is 0.433. The Balaban J connectivity index is 1.74. The van der Waals surface area contributed by atoms with Crippen LogP contribution in [0.5, 0.6) is 5.75 Å². The predicted octanol–water partition coefficient (Wildman–Crippen LogP) is 4.93. The number of aromatic nitrogens is 1. The lowest BCUT2D eigenvalue weighted by Crippen LogP contribution is -2.30. The average molecular weight is 448 g/mol. The Bertz CT molecular complexity index is 1010. The smallest absolute Gasteiger partial charge is 0.416 e. The van der Waals surface area contributed by atoms with Gasteiger partial charge in [0, 0.05) is 18.7 Å². The third-order valence-electron chi connectivity index (χ3n) is 4.62. The molecule has 0 aliphatic heterocycles. The highest BCUT2D eigenvalue weighted by atomic mass is 19.4. The highest BCUT2D eigenvalue weighted by molar-refractivity contribution is 5.71. The number of hydrogen-bond donors (Lipinski definition) is 0. The van der Waals surface area contributed by atoms with Gasteiger partial charge in [-0.3, -0.25) is 9.69 Å². The van der Waals surface area contributed by atoms with Crippen molar-refractivity contribution in [3.63, 3.8) is 0 Å². The van der Waals surface area contributed by atoms with Crippen molar-refractivity contribution in [2.45, 2.75) is 26.2 Å². The maximum absolute atomic E-state index is 12.8. The van der Waals surface area contributed by atoms with Gasteiger partial charge in [0.2, 0.25) is 5.89 Å². The highest BCUT2D eigenvalue weighted by Gasteiger charge is 2.30. The van der Waals surface area contributed by atoms with Crippen LogP contribution in [0.15, 0.2) is 59.2 Å². The van der Waals surface area contributed by atoms with E-state index in [2.05, 4.69) is 4.98 Å². The molecular formula is C23H23F3N2O4. The van der Waals surface area contributed by atoms with Gasteiger partial charge in [0.1, 0.15) is 12.0 Å². The third-order valence-corrected chi connectivity index (χ3v) is 4.62. The zero-order valence-corrected chi connectivity index (χ0v) is 17.7. The molecule has 0 aliphatic carbocycles. The molecule has 0 radical (unpaired) electrons. The molecule has 1 aromatic heterocycles. The molecule has 0 unspecified atom stereocenters. The summed E-state index contributed by atoms with van der Waals surface area (Å²) in [6, 6.07) is 12.0. The maximum atomic E-state index is 12.8. The number of rotatable bonds is 9. The standard InChI is InChI=1S/C23H23F3N2O4/c1-3-31-21(29)14-28(12-16-4-8-18(9-5-16)23(24,25)26)13-19-15-32-22(27-19)17-6-10-20(30-2)11-7-17/h4-11,15H,3,12-14H2,1-2H3. The summed E-state index contributed by atoms with van der Waals surface area (Å²) in [6.07, 6.45) is -2.91. The minimum Gasteiger partial charge on any atom is -0.497 e. The van der Waals surface area contributed by atoms with Crippen molar-refractivity contribution in [2.24, 2.45) is 0 Å². The van der Waals surface area contributed by atoms with Crippen LogP contribution in [0.25, 0.3) is 11.5 Å². The molecule has 2 aromatic carbocycles. The molecule has 0 amide bonds. The second-order valence-corrected chi connectivity index (χ2v) is 7.02. The van der Waals surface area contributed by atoms with Gasteiger partial charge in [0.05, 0.1) is 31.5 Å². The van der Waals surface area contributed by atoms with Gasteiger partial charge in [-0.25, -0.2) is 4.98 Å². The van der Waals surface area contributed by atoms with Gasteiger partial charge in [-0.15, -0.1) is 0 Å². The monoisotopic (exact) mass is 448 g/mol. The zero-order valence-electron chi connectivity index (χ0n) is 17.7. The molecule has 0 spiro atoms. The van der Waals surface area contributed by atoms with Crippen molar-refractivity contribution in [3.8, 4) is 17.2 Å². The van der Waals surface area contributed by atoms with Crippen molar-refractivity contribution in [2.75, 3.05) is 20.3 Å². The molecule has 3 aromatic rings. The molecule has 0 bridgehead atoms. The number of carbonyl (C=O) groups is 1. The van der Waals surface area contributed by atoms with Crippen LogP contribution in [0, 0.1) is 0 Å². The molecule has 0 fully saturated rings. The molecule has 170 valence electrons. The van der Waals surface area contributed by atoms with Crippen LogP contribution in [-0.4, -0.2) is 36.1 Å². The van der Waals surface area contributed by atoms with Crippen LogP contribution in [0.2, 0.25) is 0 Å². The van der Waals surface area contributed by atoms with Crippen LogP contribution in [0.1, 0.15) is 23.7 Å². The fourth-order valence-corrected chi connectivity index (χ4v) is 3.09. The number of nitrogens with zero attached hydrogens (tertiary/aromatic N) is 2. The van der Waals surface area contributed by atoms with Crippen LogP contribution in [0.3, 0.4) is 0 Å². The van der Waals surface area contributed by atoms with E-state index < -0.39 is 17.7 Å². The van der Waals surface area contributed by atoms with Crippen molar-refractivity contribution in [3.05, 3.63) is 71.6 Å². The molecule has 9 heteroatoms. The second kappa shape index (κ2) is 10.3. The Kier molecular flexibility index (Phi) is 7.53. The lowest BCUT2D eigenvalue weighted by molar-refractivity contribution is -0.144. The van der Waals surface area contributed by atoms with Crippen molar-refractivity contribution < 1.29 is 31.9 Å². The minimum atomic E-state index is -4.40. The Labute approximate surface area is 183 Å². The van der Waals surface area contributed by atoms with E-state index in [0.717, 1.165) is 17.7 Å². The Morgan fingerprint density at radius 1 is 1.06 bits per heavy atom. The summed E-state index contributed by atoms with van der Waals surface area (Å²) in [4.78, 5) is 18.2. The van der Waals surface area contributed by atoms with Gasteiger partial charge in [-0.05, 0) is 48.9 Å². The molecule has 0 saturated carbocycles. The summed E-state index contributed by atoms with van der Waals surface area (Å²) in [5.74, 6) is 0.684. The van der Waals surface area contributed by atoms with Crippen molar-refractivity contribution >= 4 is 5.97 Å². The molecule has 0 N–H and O–H groups in total. The second-order valence-electron chi connectivity index (χ2n) is 7.02. The predicted molar refractivity (Wildman–Crippen MR) is 111 cm³/mol. The number of carbonyl (C=O) groups excluding carboxylic acids is 1. The molecule has 1 heterocycles. The van der Waals surface area contributed by atoms with Gasteiger partial charge in [-0.2, -0.15) is 13.2 Å². The number of benzene rings is 2.